The van der Waals surface area contributed by atoms with E-state index in [1.165, 1.54) is 12.8 Å². The number of carbonyl (C=O) groups is 1. The lowest BCUT2D eigenvalue weighted by atomic mass is 10.1. The van der Waals surface area contributed by atoms with E-state index in [0.29, 0.717) is 35.8 Å². The summed E-state index contributed by atoms with van der Waals surface area (Å²) in [7, 11) is 0. The molecule has 2 heterocycles. The Bertz CT molecular complexity index is 799. The largest absolute Gasteiger partial charge is 0.489 e. The highest BCUT2D eigenvalue weighted by Gasteiger charge is 2.21. The van der Waals surface area contributed by atoms with Gasteiger partial charge in [-0.1, -0.05) is 24.4 Å². The summed E-state index contributed by atoms with van der Waals surface area (Å²) in [6.07, 6.45) is 7.42. The van der Waals surface area contributed by atoms with Crippen molar-refractivity contribution in [1.29, 1.82) is 0 Å². The number of nitrogens with one attached hydrogen (secondary N) is 1. The fourth-order valence-electron chi connectivity index (χ4n) is 3.61. The minimum atomic E-state index is -0.102. The van der Waals surface area contributed by atoms with Gasteiger partial charge in [-0.15, -0.1) is 0 Å². The summed E-state index contributed by atoms with van der Waals surface area (Å²) in [5.41, 5.74) is 0.795. The van der Waals surface area contributed by atoms with E-state index in [1.54, 1.807) is 12.3 Å². The highest BCUT2D eigenvalue weighted by molar-refractivity contribution is 6.32. The average Bonchev–Trinajstić information content (AvgIpc) is 3.22. The van der Waals surface area contributed by atoms with Crippen molar-refractivity contribution in [2.24, 2.45) is 0 Å². The molecule has 0 bridgehead atoms. The van der Waals surface area contributed by atoms with Crippen LogP contribution in [0.5, 0.6) is 11.5 Å². The minimum Gasteiger partial charge on any atom is -0.489 e. The van der Waals surface area contributed by atoms with Gasteiger partial charge in [0.2, 0.25) is 5.91 Å². The van der Waals surface area contributed by atoms with E-state index < -0.39 is 0 Å². The van der Waals surface area contributed by atoms with Crippen molar-refractivity contribution in [3.05, 3.63) is 35.0 Å². The number of hydrogen-bond acceptors (Lipinski definition) is 4. The normalized spacial score (nSPS) is 17.1. The zero-order valence-electron chi connectivity index (χ0n) is 14.5. The van der Waals surface area contributed by atoms with Crippen molar-refractivity contribution >= 4 is 23.3 Å². The molecule has 0 spiro atoms. The lowest BCUT2D eigenvalue weighted by molar-refractivity contribution is -0.115. The maximum Gasteiger partial charge on any atom is 0.229 e. The van der Waals surface area contributed by atoms with Crippen LogP contribution in [0.3, 0.4) is 0 Å². The van der Waals surface area contributed by atoms with Crippen LogP contribution in [0.1, 0.15) is 43.7 Å². The number of fused-ring (bicyclic) bond motifs is 1. The van der Waals surface area contributed by atoms with Crippen LogP contribution in [0, 0.1) is 0 Å². The van der Waals surface area contributed by atoms with Gasteiger partial charge in [-0.2, -0.15) is 5.10 Å². The standard InChI is InChI=1S/C19H22ClN3O3/c20-15-10-13(11-16-19(15)26-9-3-8-25-16)12-18(24)22-17-6-7-21-23(17)14-4-1-2-5-14/h6-7,10-11,14H,1-5,8-9,12H2,(H,22,24). The topological polar surface area (TPSA) is 65.4 Å². The lowest BCUT2D eigenvalue weighted by Crippen LogP contribution is -2.19. The molecule has 1 aliphatic carbocycles. The van der Waals surface area contributed by atoms with Gasteiger partial charge in [0.25, 0.3) is 0 Å². The predicted octanol–water partition coefficient (Wildman–Crippen LogP) is 3.99. The SMILES string of the molecule is O=C(Cc1cc(Cl)c2c(c1)OCCCO2)Nc1ccnn1C1CCCC1. The van der Waals surface area contributed by atoms with Gasteiger partial charge in [-0.3, -0.25) is 4.79 Å². The van der Waals surface area contributed by atoms with Gasteiger partial charge in [0.1, 0.15) is 5.82 Å². The third-order valence-electron chi connectivity index (χ3n) is 4.83. The van der Waals surface area contributed by atoms with Gasteiger partial charge in [-0.25, -0.2) is 4.68 Å². The second kappa shape index (κ2) is 7.58. The molecular weight excluding hydrogens is 354 g/mol. The number of hydrogen-bond donors (Lipinski definition) is 1. The first kappa shape index (κ1) is 17.2. The Morgan fingerprint density at radius 1 is 1.23 bits per heavy atom. The molecular formula is C19H22ClN3O3. The first-order valence-electron chi connectivity index (χ1n) is 9.12. The average molecular weight is 376 g/mol. The number of anilines is 1. The number of benzene rings is 1. The molecule has 7 heteroatoms. The van der Waals surface area contributed by atoms with E-state index in [2.05, 4.69) is 10.4 Å². The first-order chi connectivity index (χ1) is 12.7. The van der Waals surface area contributed by atoms with Gasteiger partial charge >= 0.3 is 0 Å². The Morgan fingerprint density at radius 2 is 2.04 bits per heavy atom. The van der Waals surface area contributed by atoms with E-state index in [0.717, 1.165) is 30.6 Å². The molecule has 1 amide bonds. The van der Waals surface area contributed by atoms with Crippen LogP contribution in [0.2, 0.25) is 5.02 Å². The van der Waals surface area contributed by atoms with Crippen molar-refractivity contribution in [2.45, 2.75) is 44.6 Å². The molecule has 6 nitrogen and oxygen atoms in total. The lowest BCUT2D eigenvalue weighted by Gasteiger charge is -2.15. The molecule has 0 saturated heterocycles. The summed E-state index contributed by atoms with van der Waals surface area (Å²) < 4.78 is 13.3. The molecule has 1 N–H and O–H groups in total. The van der Waals surface area contributed by atoms with Gasteiger partial charge < -0.3 is 14.8 Å². The van der Waals surface area contributed by atoms with Gasteiger partial charge in [-0.05, 0) is 30.5 Å². The van der Waals surface area contributed by atoms with Crippen LogP contribution < -0.4 is 14.8 Å². The van der Waals surface area contributed by atoms with Crippen molar-refractivity contribution in [1.82, 2.24) is 9.78 Å². The van der Waals surface area contributed by atoms with E-state index in [-0.39, 0.29) is 12.3 Å². The van der Waals surface area contributed by atoms with Crippen LogP contribution in [0.15, 0.2) is 24.4 Å². The highest BCUT2D eigenvalue weighted by Crippen LogP contribution is 2.38. The summed E-state index contributed by atoms with van der Waals surface area (Å²) >= 11 is 6.31. The number of rotatable bonds is 4. The number of amides is 1. The molecule has 1 saturated carbocycles. The Kier molecular flexibility index (Phi) is 5.02. The summed E-state index contributed by atoms with van der Waals surface area (Å²) in [6, 6.07) is 5.83. The molecule has 1 fully saturated rings. The Morgan fingerprint density at radius 3 is 2.88 bits per heavy atom. The number of nitrogens with zero attached hydrogens (tertiary/aromatic N) is 2. The molecule has 0 radical (unpaired) electrons. The quantitative estimate of drug-likeness (QED) is 0.877. The third kappa shape index (κ3) is 3.65. The van der Waals surface area contributed by atoms with Crippen molar-refractivity contribution in [3.63, 3.8) is 0 Å². The van der Waals surface area contributed by atoms with Gasteiger partial charge in [0.05, 0.1) is 36.9 Å². The van der Waals surface area contributed by atoms with Crippen molar-refractivity contribution in [3.8, 4) is 11.5 Å². The summed E-state index contributed by atoms with van der Waals surface area (Å²) in [6.45, 7) is 1.16. The summed E-state index contributed by atoms with van der Waals surface area (Å²) in [4.78, 5) is 12.5. The van der Waals surface area contributed by atoms with Crippen LogP contribution >= 0.6 is 11.6 Å². The van der Waals surface area contributed by atoms with Crippen LogP contribution in [0.4, 0.5) is 5.82 Å². The van der Waals surface area contributed by atoms with Gasteiger partial charge in [0.15, 0.2) is 11.5 Å². The maximum atomic E-state index is 12.5. The second-order valence-electron chi connectivity index (χ2n) is 6.78. The fraction of sp³-hybridized carbons (Fsp3) is 0.474. The van der Waals surface area contributed by atoms with Crippen molar-refractivity contribution < 1.29 is 14.3 Å². The van der Waals surface area contributed by atoms with Crippen molar-refractivity contribution in [2.75, 3.05) is 18.5 Å². The summed E-state index contributed by atoms with van der Waals surface area (Å²) in [5, 5.41) is 7.83. The van der Waals surface area contributed by atoms with E-state index in [4.69, 9.17) is 21.1 Å². The number of ether oxygens (including phenoxy) is 2. The highest BCUT2D eigenvalue weighted by atomic mass is 35.5. The zero-order valence-corrected chi connectivity index (χ0v) is 15.3. The molecule has 1 aromatic heterocycles. The predicted molar refractivity (Wildman–Crippen MR) is 99.1 cm³/mol. The minimum absolute atomic E-state index is 0.102. The first-order valence-corrected chi connectivity index (χ1v) is 9.50. The van der Waals surface area contributed by atoms with E-state index >= 15 is 0 Å². The molecule has 0 unspecified atom stereocenters. The van der Waals surface area contributed by atoms with Crippen LogP contribution in [0.25, 0.3) is 0 Å². The maximum absolute atomic E-state index is 12.5. The van der Waals surface area contributed by atoms with Crippen LogP contribution in [-0.4, -0.2) is 28.9 Å². The van der Waals surface area contributed by atoms with Gasteiger partial charge in [0, 0.05) is 12.5 Å². The molecule has 2 aliphatic rings. The molecule has 1 aliphatic heterocycles. The second-order valence-corrected chi connectivity index (χ2v) is 7.19. The van der Waals surface area contributed by atoms with Crippen LogP contribution in [-0.2, 0) is 11.2 Å². The summed E-state index contributed by atoms with van der Waals surface area (Å²) in [5.74, 6) is 1.82. The number of carbonyl (C=O) groups excluding carboxylic acids is 1. The Labute approximate surface area is 157 Å². The molecule has 0 atom stereocenters. The monoisotopic (exact) mass is 375 g/mol. The van der Waals surface area contributed by atoms with E-state index in [9.17, 15) is 4.79 Å². The smallest absolute Gasteiger partial charge is 0.229 e. The molecule has 1 aromatic carbocycles. The molecule has 26 heavy (non-hydrogen) atoms. The molecule has 4 rings (SSSR count). The molecule has 138 valence electrons. The number of aromatic nitrogens is 2. The zero-order chi connectivity index (χ0) is 17.9. The number of halogens is 1. The van der Waals surface area contributed by atoms with E-state index in [1.807, 2.05) is 16.8 Å². The fourth-order valence-corrected chi connectivity index (χ4v) is 3.90. The Balaban J connectivity index is 1.46. The Hall–Kier alpha value is -2.21. The third-order valence-corrected chi connectivity index (χ3v) is 5.12. The molecule has 2 aromatic rings.